The molecule has 0 bridgehead atoms. The van der Waals surface area contributed by atoms with Crippen molar-refractivity contribution in [2.24, 2.45) is 5.92 Å². The average molecular weight is 499 g/mol. The van der Waals surface area contributed by atoms with Crippen LogP contribution in [0.2, 0.25) is 0 Å². The molecule has 0 spiro atoms. The van der Waals surface area contributed by atoms with E-state index in [1.54, 1.807) is 4.90 Å². The van der Waals surface area contributed by atoms with E-state index in [0.717, 1.165) is 49.3 Å². The molecule has 7 heteroatoms. The fourth-order valence-corrected chi connectivity index (χ4v) is 5.00. The minimum Gasteiger partial charge on any atom is -0.369 e. The second kappa shape index (κ2) is 10.5. The van der Waals surface area contributed by atoms with Gasteiger partial charge in [0.05, 0.1) is 11.6 Å². The molecule has 0 saturated carbocycles. The Kier molecular flexibility index (Phi) is 7.48. The third-order valence-corrected chi connectivity index (χ3v) is 7.00. The number of nitrogens with zero attached hydrogens (tertiary/aromatic N) is 3. The fourth-order valence-electron chi connectivity index (χ4n) is 4.50. The Morgan fingerprint density at radius 1 is 1.09 bits per heavy atom. The normalized spacial score (nSPS) is 19.4. The van der Waals surface area contributed by atoms with Crippen molar-refractivity contribution in [1.29, 1.82) is 0 Å². The molecule has 0 aromatic heterocycles. The first-order valence-corrected chi connectivity index (χ1v) is 12.2. The predicted octanol–water partition coefficient (Wildman–Crippen LogP) is 3.44. The number of halogens is 1. The van der Waals surface area contributed by atoms with Crippen LogP contribution in [-0.4, -0.2) is 62.5 Å². The third-order valence-electron chi connectivity index (χ3n) is 6.33. The molecule has 2 saturated heterocycles. The Balaban J connectivity index is 1.16. The summed E-state index contributed by atoms with van der Waals surface area (Å²) >= 11 is 3.50. The maximum Gasteiger partial charge on any atom is 0.227 e. The minimum atomic E-state index is -0.285. The molecular weight excluding hydrogens is 468 g/mol. The van der Waals surface area contributed by atoms with E-state index >= 15 is 0 Å². The van der Waals surface area contributed by atoms with E-state index in [-0.39, 0.29) is 24.2 Å². The van der Waals surface area contributed by atoms with Gasteiger partial charge in [0.1, 0.15) is 0 Å². The summed E-state index contributed by atoms with van der Waals surface area (Å²) in [6.07, 6.45) is 1.19. The van der Waals surface area contributed by atoms with Crippen molar-refractivity contribution in [3.63, 3.8) is 0 Å². The SMILES string of the molecule is Cc1cccc(N2CCN(CCCNC(=O)C3CC(=O)N(c4ccccc4Br)C3)CC2)c1. The number of benzene rings is 2. The third kappa shape index (κ3) is 5.51. The van der Waals surface area contributed by atoms with Crippen LogP contribution in [0.15, 0.2) is 53.0 Å². The van der Waals surface area contributed by atoms with Gasteiger partial charge in [-0.3, -0.25) is 14.5 Å². The number of carbonyl (C=O) groups excluding carboxylic acids is 2. The summed E-state index contributed by atoms with van der Waals surface area (Å²) in [4.78, 5) is 31.7. The van der Waals surface area contributed by atoms with Crippen molar-refractivity contribution in [3.8, 4) is 0 Å². The summed E-state index contributed by atoms with van der Waals surface area (Å²) in [6, 6.07) is 16.3. The Morgan fingerprint density at radius 3 is 2.62 bits per heavy atom. The highest BCUT2D eigenvalue weighted by Gasteiger charge is 2.35. The Labute approximate surface area is 198 Å². The number of amides is 2. The van der Waals surface area contributed by atoms with Gasteiger partial charge in [0, 0.05) is 55.8 Å². The summed E-state index contributed by atoms with van der Waals surface area (Å²) in [5.74, 6) is -0.298. The maximum atomic E-state index is 12.6. The summed E-state index contributed by atoms with van der Waals surface area (Å²) < 4.78 is 0.872. The van der Waals surface area contributed by atoms with E-state index in [4.69, 9.17) is 0 Å². The summed E-state index contributed by atoms with van der Waals surface area (Å²) in [5, 5.41) is 3.05. The van der Waals surface area contributed by atoms with Gasteiger partial charge in [-0.05, 0) is 65.6 Å². The van der Waals surface area contributed by atoms with Gasteiger partial charge in [-0.25, -0.2) is 0 Å². The second-order valence-electron chi connectivity index (χ2n) is 8.67. The molecule has 6 nitrogen and oxygen atoms in total. The van der Waals surface area contributed by atoms with Crippen LogP contribution < -0.4 is 15.1 Å². The van der Waals surface area contributed by atoms with Gasteiger partial charge in [0.2, 0.25) is 11.8 Å². The molecule has 2 amide bonds. The lowest BCUT2D eigenvalue weighted by Crippen LogP contribution is -2.47. The fraction of sp³-hybridized carbons (Fsp3) is 0.440. The molecule has 2 aliphatic rings. The number of piperazine rings is 1. The van der Waals surface area contributed by atoms with Gasteiger partial charge in [-0.1, -0.05) is 24.3 Å². The predicted molar refractivity (Wildman–Crippen MR) is 132 cm³/mol. The van der Waals surface area contributed by atoms with E-state index in [2.05, 4.69) is 62.2 Å². The van der Waals surface area contributed by atoms with Crippen LogP contribution in [0.25, 0.3) is 0 Å². The molecule has 2 aromatic rings. The lowest BCUT2D eigenvalue weighted by molar-refractivity contribution is -0.126. The molecule has 1 N–H and O–H groups in total. The largest absolute Gasteiger partial charge is 0.369 e. The van der Waals surface area contributed by atoms with Crippen molar-refractivity contribution in [1.82, 2.24) is 10.2 Å². The zero-order valence-corrected chi connectivity index (χ0v) is 20.2. The molecule has 1 unspecified atom stereocenters. The first-order chi connectivity index (χ1) is 15.5. The summed E-state index contributed by atoms with van der Waals surface area (Å²) in [6.45, 7) is 8.35. The number of carbonyl (C=O) groups is 2. The van der Waals surface area contributed by atoms with Gasteiger partial charge in [-0.15, -0.1) is 0 Å². The number of hydrogen-bond donors (Lipinski definition) is 1. The average Bonchev–Trinajstić information content (AvgIpc) is 3.19. The molecule has 0 aliphatic carbocycles. The van der Waals surface area contributed by atoms with Crippen molar-refractivity contribution in [2.45, 2.75) is 19.8 Å². The lowest BCUT2D eigenvalue weighted by Gasteiger charge is -2.36. The molecular formula is C25H31BrN4O2. The quantitative estimate of drug-likeness (QED) is 0.594. The van der Waals surface area contributed by atoms with Gasteiger partial charge in [0.15, 0.2) is 0 Å². The van der Waals surface area contributed by atoms with E-state index < -0.39 is 0 Å². The molecule has 32 heavy (non-hydrogen) atoms. The zero-order valence-electron chi connectivity index (χ0n) is 18.6. The molecule has 2 heterocycles. The van der Waals surface area contributed by atoms with E-state index in [9.17, 15) is 9.59 Å². The first-order valence-electron chi connectivity index (χ1n) is 11.4. The van der Waals surface area contributed by atoms with Crippen LogP contribution in [-0.2, 0) is 9.59 Å². The lowest BCUT2D eigenvalue weighted by atomic mass is 10.1. The highest BCUT2D eigenvalue weighted by Crippen LogP contribution is 2.31. The number of anilines is 2. The van der Waals surface area contributed by atoms with Crippen molar-refractivity contribution >= 4 is 39.1 Å². The molecule has 170 valence electrons. The minimum absolute atomic E-state index is 0.00327. The first kappa shape index (κ1) is 22.8. The number of hydrogen-bond acceptors (Lipinski definition) is 4. The molecule has 1 atom stereocenters. The van der Waals surface area contributed by atoms with Crippen LogP contribution in [0, 0.1) is 12.8 Å². The van der Waals surface area contributed by atoms with Crippen LogP contribution in [0.3, 0.4) is 0 Å². The number of aryl methyl sites for hydroxylation is 1. The second-order valence-corrected chi connectivity index (χ2v) is 9.52. The zero-order chi connectivity index (χ0) is 22.5. The number of rotatable bonds is 7. The highest BCUT2D eigenvalue weighted by atomic mass is 79.9. The van der Waals surface area contributed by atoms with Crippen LogP contribution in [0.4, 0.5) is 11.4 Å². The van der Waals surface area contributed by atoms with E-state index in [1.165, 1.54) is 11.3 Å². The number of nitrogens with one attached hydrogen (secondary N) is 1. The molecule has 0 radical (unpaired) electrons. The smallest absolute Gasteiger partial charge is 0.227 e. The Bertz CT molecular complexity index is 958. The van der Waals surface area contributed by atoms with Crippen LogP contribution >= 0.6 is 15.9 Å². The molecule has 2 aliphatic heterocycles. The Morgan fingerprint density at radius 2 is 1.88 bits per heavy atom. The van der Waals surface area contributed by atoms with Crippen molar-refractivity contribution in [3.05, 3.63) is 58.6 Å². The summed E-state index contributed by atoms with van der Waals surface area (Å²) in [7, 11) is 0. The number of para-hydroxylation sites is 1. The molecule has 4 rings (SSSR count). The van der Waals surface area contributed by atoms with Gasteiger partial charge in [0.25, 0.3) is 0 Å². The topological polar surface area (TPSA) is 55.9 Å². The van der Waals surface area contributed by atoms with Crippen LogP contribution in [0.1, 0.15) is 18.4 Å². The molecule has 2 fully saturated rings. The van der Waals surface area contributed by atoms with Crippen molar-refractivity contribution < 1.29 is 9.59 Å². The standard InChI is InChI=1S/C25H31BrN4O2/c1-19-6-4-7-21(16-19)29-14-12-28(13-15-29)11-5-10-27-25(32)20-17-24(31)30(18-20)23-9-3-2-8-22(23)26/h2-4,6-9,16,20H,5,10-15,17-18H2,1H3,(H,27,32). The van der Waals surface area contributed by atoms with E-state index in [0.29, 0.717) is 13.1 Å². The van der Waals surface area contributed by atoms with Gasteiger partial charge in [-0.2, -0.15) is 0 Å². The van der Waals surface area contributed by atoms with Crippen molar-refractivity contribution in [2.75, 3.05) is 55.6 Å². The highest BCUT2D eigenvalue weighted by molar-refractivity contribution is 9.10. The maximum absolute atomic E-state index is 12.6. The van der Waals surface area contributed by atoms with Crippen LogP contribution in [0.5, 0.6) is 0 Å². The molecule has 2 aromatic carbocycles. The van der Waals surface area contributed by atoms with E-state index in [1.807, 2.05) is 24.3 Å². The van der Waals surface area contributed by atoms with Gasteiger partial charge >= 0.3 is 0 Å². The Hall–Kier alpha value is -2.38. The monoisotopic (exact) mass is 498 g/mol. The summed E-state index contributed by atoms with van der Waals surface area (Å²) in [5.41, 5.74) is 3.43. The van der Waals surface area contributed by atoms with Gasteiger partial charge < -0.3 is 15.1 Å².